The minimum atomic E-state index is -1.51. The standard InChI is InChI=1S/C9H22N2O2Si/c1-4-12-14(13-5-2)9-8-10-6-7-11(9)3/h9-10,14H,4-8H2,1-3H3. The van der Waals surface area contributed by atoms with Crippen LogP contribution in [0.25, 0.3) is 0 Å². The largest absolute Gasteiger partial charge is 0.396 e. The molecule has 0 aliphatic carbocycles. The van der Waals surface area contributed by atoms with Crippen LogP contribution in [0.15, 0.2) is 0 Å². The van der Waals surface area contributed by atoms with Gasteiger partial charge in [-0.25, -0.2) is 0 Å². The summed E-state index contributed by atoms with van der Waals surface area (Å²) in [5.41, 5.74) is 0.476. The maximum Gasteiger partial charge on any atom is 0.340 e. The van der Waals surface area contributed by atoms with Crippen molar-refractivity contribution in [2.45, 2.75) is 19.5 Å². The molecule has 0 aromatic heterocycles. The van der Waals surface area contributed by atoms with E-state index in [0.29, 0.717) is 5.67 Å². The van der Waals surface area contributed by atoms with Gasteiger partial charge in [-0.2, -0.15) is 0 Å². The van der Waals surface area contributed by atoms with Crippen molar-refractivity contribution in [1.82, 2.24) is 10.2 Å². The van der Waals surface area contributed by atoms with E-state index in [1.807, 2.05) is 13.8 Å². The van der Waals surface area contributed by atoms with Crippen molar-refractivity contribution >= 4 is 9.28 Å². The Hall–Kier alpha value is 0.0569. The van der Waals surface area contributed by atoms with E-state index in [-0.39, 0.29) is 0 Å². The van der Waals surface area contributed by atoms with E-state index in [4.69, 9.17) is 8.85 Å². The molecule has 0 aromatic rings. The van der Waals surface area contributed by atoms with Gasteiger partial charge in [0.2, 0.25) is 0 Å². The highest BCUT2D eigenvalue weighted by atomic mass is 28.3. The fourth-order valence-electron chi connectivity index (χ4n) is 1.73. The van der Waals surface area contributed by atoms with E-state index < -0.39 is 9.28 Å². The summed E-state index contributed by atoms with van der Waals surface area (Å²) < 4.78 is 11.5. The average Bonchev–Trinajstić information content (AvgIpc) is 2.18. The van der Waals surface area contributed by atoms with Gasteiger partial charge in [0.15, 0.2) is 0 Å². The molecule has 0 radical (unpaired) electrons. The molecule has 1 aliphatic heterocycles. The van der Waals surface area contributed by atoms with E-state index in [2.05, 4.69) is 17.3 Å². The molecule has 0 saturated carbocycles. The summed E-state index contributed by atoms with van der Waals surface area (Å²) in [5.74, 6) is 0. The van der Waals surface area contributed by atoms with Crippen molar-refractivity contribution in [3.05, 3.63) is 0 Å². The lowest BCUT2D eigenvalue weighted by Gasteiger charge is -2.36. The molecule has 1 atom stereocenters. The van der Waals surface area contributed by atoms with Crippen LogP contribution in [0, 0.1) is 0 Å². The molecule has 1 N–H and O–H groups in total. The Labute approximate surface area is 88.4 Å². The van der Waals surface area contributed by atoms with Gasteiger partial charge in [-0.15, -0.1) is 0 Å². The second-order valence-electron chi connectivity index (χ2n) is 3.53. The molecule has 0 amide bonds. The maximum atomic E-state index is 5.73. The van der Waals surface area contributed by atoms with E-state index >= 15 is 0 Å². The van der Waals surface area contributed by atoms with E-state index in [1.165, 1.54) is 0 Å². The highest BCUT2D eigenvalue weighted by molar-refractivity contribution is 6.46. The summed E-state index contributed by atoms with van der Waals surface area (Å²) in [6, 6.07) is 0. The number of likely N-dealkylation sites (N-methyl/N-ethyl adjacent to an activating group) is 1. The quantitative estimate of drug-likeness (QED) is 0.644. The summed E-state index contributed by atoms with van der Waals surface area (Å²) >= 11 is 0. The molecule has 1 unspecified atom stereocenters. The average molecular weight is 218 g/mol. The van der Waals surface area contributed by atoms with Crippen LogP contribution in [-0.4, -0.2) is 59.7 Å². The molecule has 14 heavy (non-hydrogen) atoms. The molecule has 0 bridgehead atoms. The molecule has 4 nitrogen and oxygen atoms in total. The zero-order chi connectivity index (χ0) is 10.4. The molecule has 1 rings (SSSR count). The molecule has 0 aromatic carbocycles. The van der Waals surface area contributed by atoms with Crippen LogP contribution < -0.4 is 5.32 Å². The van der Waals surface area contributed by atoms with Crippen molar-refractivity contribution in [2.75, 3.05) is 39.9 Å². The fourth-order valence-corrected chi connectivity index (χ4v) is 3.85. The van der Waals surface area contributed by atoms with Crippen LogP contribution in [0.4, 0.5) is 0 Å². The van der Waals surface area contributed by atoms with Crippen molar-refractivity contribution in [3.63, 3.8) is 0 Å². The Morgan fingerprint density at radius 3 is 2.50 bits per heavy atom. The number of hydrogen-bond donors (Lipinski definition) is 1. The van der Waals surface area contributed by atoms with Crippen LogP contribution in [0.2, 0.25) is 0 Å². The first-order valence-electron chi connectivity index (χ1n) is 5.43. The minimum absolute atomic E-state index is 0.476. The SMILES string of the molecule is CCO[SiH](OCC)C1CNCCN1C. The van der Waals surface area contributed by atoms with E-state index in [1.54, 1.807) is 0 Å². The number of nitrogens with zero attached hydrogens (tertiary/aromatic N) is 1. The van der Waals surface area contributed by atoms with Gasteiger partial charge < -0.3 is 14.2 Å². The smallest absolute Gasteiger partial charge is 0.340 e. The van der Waals surface area contributed by atoms with Crippen LogP contribution in [-0.2, 0) is 8.85 Å². The van der Waals surface area contributed by atoms with Crippen molar-refractivity contribution < 1.29 is 8.85 Å². The second-order valence-corrected chi connectivity index (χ2v) is 5.70. The van der Waals surface area contributed by atoms with Crippen LogP contribution in [0.5, 0.6) is 0 Å². The minimum Gasteiger partial charge on any atom is -0.396 e. The highest BCUT2D eigenvalue weighted by Gasteiger charge is 2.31. The topological polar surface area (TPSA) is 33.7 Å². The second kappa shape index (κ2) is 6.52. The van der Waals surface area contributed by atoms with Gasteiger partial charge in [0.1, 0.15) is 0 Å². The van der Waals surface area contributed by atoms with Crippen molar-refractivity contribution in [1.29, 1.82) is 0 Å². The first kappa shape index (κ1) is 12.1. The lowest BCUT2D eigenvalue weighted by atomic mass is 10.4. The first-order valence-corrected chi connectivity index (χ1v) is 7.04. The molecule has 0 spiro atoms. The lowest BCUT2D eigenvalue weighted by molar-refractivity contribution is 0.153. The van der Waals surface area contributed by atoms with Gasteiger partial charge >= 0.3 is 9.28 Å². The summed E-state index contributed by atoms with van der Waals surface area (Å²) in [4.78, 5) is 2.36. The van der Waals surface area contributed by atoms with Crippen molar-refractivity contribution in [2.24, 2.45) is 0 Å². The zero-order valence-electron chi connectivity index (χ0n) is 9.45. The predicted octanol–water partition coefficient (Wildman–Crippen LogP) is -0.277. The molecule has 5 heteroatoms. The van der Waals surface area contributed by atoms with Gasteiger partial charge in [-0.3, -0.25) is 4.90 Å². The third kappa shape index (κ3) is 3.32. The van der Waals surface area contributed by atoms with E-state index in [0.717, 1.165) is 32.8 Å². The fraction of sp³-hybridized carbons (Fsp3) is 1.00. The Morgan fingerprint density at radius 2 is 2.00 bits per heavy atom. The third-order valence-electron chi connectivity index (χ3n) is 2.54. The molecule has 84 valence electrons. The normalized spacial score (nSPS) is 24.4. The summed E-state index contributed by atoms with van der Waals surface area (Å²) in [6.07, 6.45) is 0. The summed E-state index contributed by atoms with van der Waals surface area (Å²) in [7, 11) is 0.647. The van der Waals surface area contributed by atoms with Gasteiger partial charge in [0.25, 0.3) is 0 Å². The maximum absolute atomic E-state index is 5.73. The number of piperazine rings is 1. The van der Waals surface area contributed by atoms with Gasteiger partial charge in [0, 0.05) is 32.8 Å². The van der Waals surface area contributed by atoms with Gasteiger partial charge in [-0.05, 0) is 20.9 Å². The Balaban J connectivity index is 2.46. The van der Waals surface area contributed by atoms with Gasteiger partial charge in [-0.1, -0.05) is 0 Å². The lowest BCUT2D eigenvalue weighted by Crippen LogP contribution is -2.58. The summed E-state index contributed by atoms with van der Waals surface area (Å²) in [6.45, 7) is 8.78. The van der Waals surface area contributed by atoms with E-state index in [9.17, 15) is 0 Å². The molecule has 1 heterocycles. The van der Waals surface area contributed by atoms with Crippen LogP contribution >= 0.6 is 0 Å². The monoisotopic (exact) mass is 218 g/mol. The first-order chi connectivity index (χ1) is 6.79. The highest BCUT2D eigenvalue weighted by Crippen LogP contribution is 2.06. The van der Waals surface area contributed by atoms with Gasteiger partial charge in [0.05, 0.1) is 5.67 Å². The number of rotatable bonds is 5. The molecule has 1 fully saturated rings. The molecule has 1 aliphatic rings. The Morgan fingerprint density at radius 1 is 1.36 bits per heavy atom. The zero-order valence-corrected chi connectivity index (χ0v) is 10.6. The summed E-state index contributed by atoms with van der Waals surface area (Å²) in [5, 5.41) is 3.40. The molecule has 1 saturated heterocycles. The van der Waals surface area contributed by atoms with Crippen molar-refractivity contribution in [3.8, 4) is 0 Å². The molecular weight excluding hydrogens is 196 g/mol. The Kier molecular flexibility index (Phi) is 5.65. The van der Waals surface area contributed by atoms with Crippen LogP contribution in [0.3, 0.4) is 0 Å². The predicted molar refractivity (Wildman–Crippen MR) is 59.7 cm³/mol. The third-order valence-corrected chi connectivity index (χ3v) is 5.23. The van der Waals surface area contributed by atoms with Crippen LogP contribution in [0.1, 0.15) is 13.8 Å². The molecular formula is C9H22N2O2Si. The Bertz CT molecular complexity index is 154. The number of nitrogens with one attached hydrogen (secondary N) is 1. The number of hydrogen-bond acceptors (Lipinski definition) is 4.